The lowest BCUT2D eigenvalue weighted by atomic mass is 10.0. The van der Waals surface area contributed by atoms with Gasteiger partial charge in [0.1, 0.15) is 22.1 Å². The highest BCUT2D eigenvalue weighted by Gasteiger charge is 2.27. The third-order valence-corrected chi connectivity index (χ3v) is 5.89. The first kappa shape index (κ1) is 19.6. The third kappa shape index (κ3) is 4.59. The van der Waals surface area contributed by atoms with E-state index in [0.29, 0.717) is 34.5 Å². The predicted molar refractivity (Wildman–Crippen MR) is 105 cm³/mol. The van der Waals surface area contributed by atoms with Gasteiger partial charge in [0, 0.05) is 10.9 Å². The minimum atomic E-state index is -0.447. The highest BCUT2D eigenvalue weighted by Crippen LogP contribution is 2.37. The van der Waals surface area contributed by atoms with Gasteiger partial charge in [-0.3, -0.25) is 4.79 Å². The fourth-order valence-corrected chi connectivity index (χ4v) is 4.46. The van der Waals surface area contributed by atoms with Crippen molar-refractivity contribution in [2.45, 2.75) is 46.1 Å². The van der Waals surface area contributed by atoms with Crippen molar-refractivity contribution in [1.82, 2.24) is 0 Å². The minimum absolute atomic E-state index is 0.0756. The van der Waals surface area contributed by atoms with E-state index in [9.17, 15) is 9.59 Å². The standard InChI is InChI=1S/C20H26N2O4S/c1-4-25-20(24)18-15(16-9-8-14(3)26-16)12-27-19(18)21-17(23)11-22-10-6-5-7-13(22)2/h8-9,12-13H,4-7,10-11H2,1-3H3,(H,21,23)/p+1/t13-/m1/s1. The molecular formula is C20H27N2O4S+. The molecule has 7 heteroatoms. The molecule has 1 aliphatic rings. The minimum Gasteiger partial charge on any atom is -0.462 e. The number of hydrogen-bond donors (Lipinski definition) is 2. The van der Waals surface area contributed by atoms with Crippen LogP contribution < -0.4 is 10.2 Å². The molecule has 1 fully saturated rings. The summed E-state index contributed by atoms with van der Waals surface area (Å²) >= 11 is 1.32. The number of aryl methyl sites for hydroxylation is 1. The molecule has 1 unspecified atom stereocenters. The summed E-state index contributed by atoms with van der Waals surface area (Å²) in [7, 11) is 0. The van der Waals surface area contributed by atoms with Crippen molar-refractivity contribution >= 4 is 28.2 Å². The summed E-state index contributed by atoms with van der Waals surface area (Å²) in [6.07, 6.45) is 3.54. The number of rotatable bonds is 6. The largest absolute Gasteiger partial charge is 0.462 e. The lowest BCUT2D eigenvalue weighted by molar-refractivity contribution is -0.920. The number of carbonyl (C=O) groups is 2. The Hall–Kier alpha value is -2.12. The van der Waals surface area contributed by atoms with Gasteiger partial charge < -0.3 is 19.4 Å². The molecule has 2 aromatic rings. The van der Waals surface area contributed by atoms with Gasteiger partial charge >= 0.3 is 5.97 Å². The van der Waals surface area contributed by atoms with Crippen LogP contribution in [-0.4, -0.2) is 37.6 Å². The van der Waals surface area contributed by atoms with Gasteiger partial charge in [0.05, 0.1) is 19.2 Å². The normalized spacial score (nSPS) is 19.7. The number of esters is 1. The molecule has 6 nitrogen and oxygen atoms in total. The molecule has 0 bridgehead atoms. The van der Waals surface area contributed by atoms with Crippen LogP contribution >= 0.6 is 11.3 Å². The van der Waals surface area contributed by atoms with Gasteiger partial charge in [-0.15, -0.1) is 11.3 Å². The van der Waals surface area contributed by atoms with Crippen molar-refractivity contribution in [3.63, 3.8) is 0 Å². The quantitative estimate of drug-likeness (QED) is 0.743. The Labute approximate surface area is 163 Å². The molecule has 0 spiro atoms. The Morgan fingerprint density at radius 1 is 1.37 bits per heavy atom. The van der Waals surface area contributed by atoms with Crippen LogP contribution in [-0.2, 0) is 9.53 Å². The van der Waals surface area contributed by atoms with Crippen LogP contribution in [0.1, 0.15) is 49.2 Å². The number of anilines is 1. The molecule has 0 saturated carbocycles. The van der Waals surface area contributed by atoms with Crippen molar-refractivity contribution in [2.75, 3.05) is 25.0 Å². The third-order valence-electron chi connectivity index (χ3n) is 5.00. The zero-order valence-electron chi connectivity index (χ0n) is 16.1. The molecule has 0 aromatic carbocycles. The van der Waals surface area contributed by atoms with Crippen LogP contribution in [0.2, 0.25) is 0 Å². The van der Waals surface area contributed by atoms with Crippen molar-refractivity contribution in [3.05, 3.63) is 28.8 Å². The van der Waals surface area contributed by atoms with Gasteiger partial charge in [-0.1, -0.05) is 0 Å². The fraction of sp³-hybridized carbons (Fsp3) is 0.500. The average molecular weight is 392 g/mol. The van der Waals surface area contributed by atoms with Crippen molar-refractivity contribution < 1.29 is 23.6 Å². The number of thiophene rings is 1. The maximum absolute atomic E-state index is 12.6. The van der Waals surface area contributed by atoms with E-state index < -0.39 is 5.97 Å². The van der Waals surface area contributed by atoms with E-state index in [1.54, 1.807) is 6.92 Å². The summed E-state index contributed by atoms with van der Waals surface area (Å²) < 4.78 is 10.9. The van der Waals surface area contributed by atoms with Crippen LogP contribution in [0, 0.1) is 6.92 Å². The summed E-state index contributed by atoms with van der Waals surface area (Å²) in [4.78, 5) is 26.4. The molecule has 2 atom stereocenters. The van der Waals surface area contributed by atoms with Crippen LogP contribution in [0.3, 0.4) is 0 Å². The molecule has 146 valence electrons. The first-order chi connectivity index (χ1) is 13.0. The Morgan fingerprint density at radius 2 is 2.19 bits per heavy atom. The number of hydrogen-bond acceptors (Lipinski definition) is 5. The molecule has 0 radical (unpaired) electrons. The van der Waals surface area contributed by atoms with E-state index >= 15 is 0 Å². The van der Waals surface area contributed by atoms with Crippen molar-refractivity contribution in [1.29, 1.82) is 0 Å². The van der Waals surface area contributed by atoms with Crippen molar-refractivity contribution in [3.8, 4) is 11.3 Å². The smallest absolute Gasteiger partial charge is 0.341 e. The van der Waals surface area contributed by atoms with Gasteiger partial charge in [-0.2, -0.15) is 0 Å². The first-order valence-corrected chi connectivity index (χ1v) is 10.4. The molecule has 1 aliphatic heterocycles. The maximum Gasteiger partial charge on any atom is 0.341 e. The molecule has 1 saturated heterocycles. The molecular weight excluding hydrogens is 364 g/mol. The molecule has 0 aliphatic carbocycles. The van der Waals surface area contributed by atoms with Crippen LogP contribution in [0.4, 0.5) is 5.00 Å². The molecule has 2 N–H and O–H groups in total. The number of piperidine rings is 1. The Kier molecular flexibility index (Phi) is 6.34. The first-order valence-electron chi connectivity index (χ1n) is 9.49. The number of quaternary nitrogens is 1. The average Bonchev–Trinajstić information content (AvgIpc) is 3.23. The second kappa shape index (κ2) is 8.71. The maximum atomic E-state index is 12.6. The summed E-state index contributed by atoms with van der Waals surface area (Å²) in [6.45, 7) is 7.51. The Bertz CT molecular complexity index is 811. The van der Waals surface area contributed by atoms with Crippen LogP contribution in [0.5, 0.6) is 0 Å². The van der Waals surface area contributed by atoms with Gasteiger partial charge in [0.2, 0.25) is 0 Å². The molecule has 27 heavy (non-hydrogen) atoms. The number of amides is 1. The van der Waals surface area contributed by atoms with Gasteiger partial charge in [-0.25, -0.2) is 4.79 Å². The highest BCUT2D eigenvalue weighted by molar-refractivity contribution is 7.15. The molecule has 3 rings (SSSR count). The Balaban J connectivity index is 1.80. The molecule has 1 amide bonds. The lowest BCUT2D eigenvalue weighted by Crippen LogP contribution is -3.17. The van der Waals surface area contributed by atoms with E-state index in [1.165, 1.54) is 22.7 Å². The molecule has 2 aromatic heterocycles. The number of likely N-dealkylation sites (tertiary alicyclic amines) is 1. The van der Waals surface area contributed by atoms with E-state index in [1.807, 2.05) is 24.4 Å². The van der Waals surface area contributed by atoms with E-state index in [0.717, 1.165) is 25.1 Å². The molecule has 3 heterocycles. The highest BCUT2D eigenvalue weighted by atomic mass is 32.1. The van der Waals surface area contributed by atoms with E-state index in [-0.39, 0.29) is 12.5 Å². The lowest BCUT2D eigenvalue weighted by Gasteiger charge is -2.29. The topological polar surface area (TPSA) is 73.0 Å². The number of ether oxygens (including phenoxy) is 1. The summed E-state index contributed by atoms with van der Waals surface area (Å²) in [5.41, 5.74) is 1.02. The van der Waals surface area contributed by atoms with E-state index in [2.05, 4.69) is 12.2 Å². The van der Waals surface area contributed by atoms with Crippen LogP contribution in [0.15, 0.2) is 21.9 Å². The monoisotopic (exact) mass is 391 g/mol. The number of carbonyl (C=O) groups excluding carboxylic acids is 2. The zero-order chi connectivity index (χ0) is 19.4. The summed E-state index contributed by atoms with van der Waals surface area (Å²) in [6, 6.07) is 4.16. The fourth-order valence-electron chi connectivity index (χ4n) is 3.51. The number of furan rings is 1. The zero-order valence-corrected chi connectivity index (χ0v) is 16.9. The van der Waals surface area contributed by atoms with Gasteiger partial charge in [-0.05, 0) is 52.2 Å². The number of nitrogens with one attached hydrogen (secondary N) is 2. The second-order valence-electron chi connectivity index (χ2n) is 7.01. The van der Waals surface area contributed by atoms with Gasteiger partial charge in [0.15, 0.2) is 6.54 Å². The summed E-state index contributed by atoms with van der Waals surface area (Å²) in [5, 5.41) is 5.28. The van der Waals surface area contributed by atoms with Crippen LogP contribution in [0.25, 0.3) is 11.3 Å². The van der Waals surface area contributed by atoms with Gasteiger partial charge in [0.25, 0.3) is 5.91 Å². The van der Waals surface area contributed by atoms with E-state index in [4.69, 9.17) is 9.15 Å². The summed E-state index contributed by atoms with van der Waals surface area (Å²) in [5.74, 6) is 0.840. The Morgan fingerprint density at radius 3 is 2.85 bits per heavy atom. The predicted octanol–water partition coefficient (Wildman–Crippen LogP) is 2.89. The SMILES string of the molecule is CCOC(=O)c1c(-c2ccc(C)o2)csc1NC(=O)C[NH+]1CCCC[C@H]1C. The van der Waals surface area contributed by atoms with Crippen molar-refractivity contribution in [2.24, 2.45) is 0 Å². The second-order valence-corrected chi connectivity index (χ2v) is 7.89.